The topological polar surface area (TPSA) is 78.7 Å². The first-order valence-electron chi connectivity index (χ1n) is 7.56. The number of likely N-dealkylation sites (tertiary alicyclic amines) is 1. The van der Waals surface area contributed by atoms with Crippen molar-refractivity contribution in [3.05, 3.63) is 0 Å². The van der Waals surface area contributed by atoms with Crippen LogP contribution in [0.5, 0.6) is 0 Å². The van der Waals surface area contributed by atoms with E-state index in [9.17, 15) is 9.59 Å². The Balaban J connectivity index is 2.00. The highest BCUT2D eigenvalue weighted by Crippen LogP contribution is 2.22. The molecule has 0 aromatic carbocycles. The summed E-state index contributed by atoms with van der Waals surface area (Å²) in [6.45, 7) is 6.53. The van der Waals surface area contributed by atoms with Crippen molar-refractivity contribution in [2.45, 2.75) is 51.2 Å². The second kappa shape index (κ2) is 6.54. The van der Waals surface area contributed by atoms with Crippen LogP contribution in [-0.2, 0) is 9.59 Å². The molecule has 2 fully saturated rings. The molecule has 0 aromatic heterocycles. The van der Waals surface area contributed by atoms with Gasteiger partial charge in [-0.25, -0.2) is 0 Å². The molecule has 0 aromatic rings. The van der Waals surface area contributed by atoms with Crippen LogP contribution < -0.4 is 11.1 Å². The number of nitrogens with two attached hydrogens (primary N) is 1. The molecule has 0 aliphatic carbocycles. The molecular formula is C14H26N4O2. The Hall–Kier alpha value is -1.14. The molecule has 2 amide bonds. The van der Waals surface area contributed by atoms with Crippen LogP contribution >= 0.6 is 0 Å². The molecule has 2 rings (SSSR count). The van der Waals surface area contributed by atoms with Crippen LogP contribution in [0.2, 0.25) is 0 Å². The summed E-state index contributed by atoms with van der Waals surface area (Å²) < 4.78 is 0. The number of nitrogens with one attached hydrogen (secondary N) is 1. The van der Waals surface area contributed by atoms with E-state index in [1.165, 1.54) is 6.42 Å². The molecule has 114 valence electrons. The van der Waals surface area contributed by atoms with Crippen molar-refractivity contribution in [2.24, 2.45) is 5.73 Å². The third-order valence-electron chi connectivity index (χ3n) is 4.50. The number of hydrogen-bond donors (Lipinski definition) is 2. The van der Waals surface area contributed by atoms with Crippen LogP contribution in [0.3, 0.4) is 0 Å². The van der Waals surface area contributed by atoms with Gasteiger partial charge in [-0.3, -0.25) is 14.5 Å². The van der Waals surface area contributed by atoms with Gasteiger partial charge in [-0.1, -0.05) is 0 Å². The van der Waals surface area contributed by atoms with Crippen molar-refractivity contribution in [1.29, 1.82) is 0 Å². The smallest absolute Gasteiger partial charge is 0.237 e. The normalized spacial score (nSPS) is 32.1. The fourth-order valence-electron chi connectivity index (χ4n) is 3.38. The maximum atomic E-state index is 12.6. The standard InChI is InChI=1S/C14H26N4O2/c1-10-4-3-5-11(2)18(10)13(19)9-17-7-6-16-8-12(17)14(15)20/h10-12,16H,3-9H2,1-2H3,(H2,15,20). The van der Waals surface area contributed by atoms with Crippen LogP contribution in [0, 0.1) is 0 Å². The predicted octanol–water partition coefficient (Wildman–Crippen LogP) is -0.465. The SMILES string of the molecule is CC1CCCC(C)N1C(=O)CN1CCNCC1C(N)=O. The summed E-state index contributed by atoms with van der Waals surface area (Å²) in [7, 11) is 0. The van der Waals surface area contributed by atoms with Gasteiger partial charge in [0.15, 0.2) is 0 Å². The van der Waals surface area contributed by atoms with Crippen molar-refractivity contribution >= 4 is 11.8 Å². The maximum Gasteiger partial charge on any atom is 0.237 e. The highest BCUT2D eigenvalue weighted by molar-refractivity contribution is 5.83. The highest BCUT2D eigenvalue weighted by Gasteiger charge is 2.33. The van der Waals surface area contributed by atoms with E-state index in [0.717, 1.165) is 19.4 Å². The van der Waals surface area contributed by atoms with Gasteiger partial charge in [-0.05, 0) is 33.1 Å². The molecule has 2 heterocycles. The lowest BCUT2D eigenvalue weighted by atomic mass is 9.97. The third kappa shape index (κ3) is 3.30. The number of piperidine rings is 1. The molecule has 3 atom stereocenters. The first-order chi connectivity index (χ1) is 9.50. The van der Waals surface area contributed by atoms with Crippen molar-refractivity contribution in [1.82, 2.24) is 15.1 Å². The second-order valence-electron chi connectivity index (χ2n) is 6.02. The van der Waals surface area contributed by atoms with E-state index in [2.05, 4.69) is 19.2 Å². The number of piperazine rings is 1. The number of hydrogen-bond acceptors (Lipinski definition) is 4. The van der Waals surface area contributed by atoms with Crippen LogP contribution in [0.4, 0.5) is 0 Å². The molecule has 2 aliphatic rings. The molecule has 6 heteroatoms. The van der Waals surface area contributed by atoms with Gasteiger partial charge in [0.05, 0.1) is 6.54 Å². The summed E-state index contributed by atoms with van der Waals surface area (Å²) in [6, 6.07) is 0.213. The molecule has 2 aliphatic heterocycles. The zero-order valence-corrected chi connectivity index (χ0v) is 12.5. The summed E-state index contributed by atoms with van der Waals surface area (Å²) in [5.41, 5.74) is 5.42. The zero-order valence-electron chi connectivity index (χ0n) is 12.5. The molecular weight excluding hydrogens is 256 g/mol. The largest absolute Gasteiger partial charge is 0.368 e. The number of primary amides is 1. The Morgan fingerprint density at radius 1 is 1.25 bits per heavy atom. The average Bonchev–Trinajstić information content (AvgIpc) is 2.38. The Kier molecular flexibility index (Phi) is 4.99. The number of carbonyl (C=O) groups excluding carboxylic acids is 2. The minimum atomic E-state index is -0.372. The van der Waals surface area contributed by atoms with Gasteiger partial charge in [-0.15, -0.1) is 0 Å². The van der Waals surface area contributed by atoms with Gasteiger partial charge in [-0.2, -0.15) is 0 Å². The van der Waals surface area contributed by atoms with E-state index in [0.29, 0.717) is 31.7 Å². The zero-order chi connectivity index (χ0) is 14.7. The minimum absolute atomic E-state index is 0.123. The van der Waals surface area contributed by atoms with Gasteiger partial charge in [0.1, 0.15) is 6.04 Å². The lowest BCUT2D eigenvalue weighted by molar-refractivity contribution is -0.140. The highest BCUT2D eigenvalue weighted by atomic mass is 16.2. The third-order valence-corrected chi connectivity index (χ3v) is 4.50. The lowest BCUT2D eigenvalue weighted by Crippen LogP contribution is -2.60. The molecule has 0 radical (unpaired) electrons. The summed E-state index contributed by atoms with van der Waals surface area (Å²) >= 11 is 0. The van der Waals surface area contributed by atoms with Gasteiger partial charge in [0.25, 0.3) is 0 Å². The first-order valence-corrected chi connectivity index (χ1v) is 7.56. The summed E-state index contributed by atoms with van der Waals surface area (Å²) in [5.74, 6) is -0.234. The molecule has 0 saturated carbocycles. The predicted molar refractivity (Wildman–Crippen MR) is 77.0 cm³/mol. The van der Waals surface area contributed by atoms with Crippen LogP contribution in [-0.4, -0.2) is 65.9 Å². The van der Waals surface area contributed by atoms with E-state index >= 15 is 0 Å². The van der Waals surface area contributed by atoms with Crippen molar-refractivity contribution in [3.8, 4) is 0 Å². The van der Waals surface area contributed by atoms with Crippen molar-refractivity contribution in [3.63, 3.8) is 0 Å². The first kappa shape index (κ1) is 15.3. The Labute approximate surface area is 120 Å². The Bertz CT molecular complexity index is 364. The summed E-state index contributed by atoms with van der Waals surface area (Å²) in [5, 5.41) is 3.15. The molecule has 20 heavy (non-hydrogen) atoms. The molecule has 0 bridgehead atoms. The second-order valence-corrected chi connectivity index (χ2v) is 6.02. The molecule has 3 N–H and O–H groups in total. The molecule has 2 saturated heterocycles. The van der Waals surface area contributed by atoms with Gasteiger partial charge < -0.3 is 16.0 Å². The maximum absolute atomic E-state index is 12.6. The average molecular weight is 282 g/mol. The van der Waals surface area contributed by atoms with E-state index in [1.54, 1.807) is 0 Å². The fourth-order valence-corrected chi connectivity index (χ4v) is 3.38. The van der Waals surface area contributed by atoms with Crippen LogP contribution in [0.25, 0.3) is 0 Å². The minimum Gasteiger partial charge on any atom is -0.368 e. The Morgan fingerprint density at radius 3 is 2.50 bits per heavy atom. The summed E-state index contributed by atoms with van der Waals surface area (Å²) in [6.07, 6.45) is 3.32. The monoisotopic (exact) mass is 282 g/mol. The quantitative estimate of drug-likeness (QED) is 0.734. The van der Waals surface area contributed by atoms with Gasteiger partial charge in [0, 0.05) is 31.7 Å². The van der Waals surface area contributed by atoms with E-state index < -0.39 is 0 Å². The molecule has 3 unspecified atom stereocenters. The van der Waals surface area contributed by atoms with E-state index in [1.807, 2.05) is 9.80 Å². The van der Waals surface area contributed by atoms with Crippen LogP contribution in [0.1, 0.15) is 33.1 Å². The molecule has 6 nitrogen and oxygen atoms in total. The van der Waals surface area contributed by atoms with Crippen molar-refractivity contribution in [2.75, 3.05) is 26.2 Å². The lowest BCUT2D eigenvalue weighted by Gasteiger charge is -2.41. The fraction of sp³-hybridized carbons (Fsp3) is 0.857. The number of carbonyl (C=O) groups is 2. The number of rotatable bonds is 3. The summed E-state index contributed by atoms with van der Waals surface area (Å²) in [4.78, 5) is 27.9. The van der Waals surface area contributed by atoms with Gasteiger partial charge >= 0.3 is 0 Å². The van der Waals surface area contributed by atoms with E-state index in [4.69, 9.17) is 5.73 Å². The van der Waals surface area contributed by atoms with Gasteiger partial charge in [0.2, 0.25) is 11.8 Å². The van der Waals surface area contributed by atoms with Crippen LogP contribution in [0.15, 0.2) is 0 Å². The number of nitrogens with zero attached hydrogens (tertiary/aromatic N) is 2. The molecule has 0 spiro atoms. The number of amides is 2. The van der Waals surface area contributed by atoms with Crippen molar-refractivity contribution < 1.29 is 9.59 Å². The Morgan fingerprint density at radius 2 is 1.90 bits per heavy atom. The van der Waals surface area contributed by atoms with E-state index in [-0.39, 0.29) is 17.9 Å².